The highest BCUT2D eigenvalue weighted by atomic mass is 16.5. The van der Waals surface area contributed by atoms with Crippen molar-refractivity contribution in [1.29, 1.82) is 0 Å². The van der Waals surface area contributed by atoms with E-state index in [1.165, 1.54) is 0 Å². The summed E-state index contributed by atoms with van der Waals surface area (Å²) in [7, 11) is 1.58. The van der Waals surface area contributed by atoms with Gasteiger partial charge in [0.15, 0.2) is 0 Å². The number of rotatable bonds is 3. The molecule has 2 fully saturated rings. The summed E-state index contributed by atoms with van der Waals surface area (Å²) >= 11 is 0. The molecule has 2 heterocycles. The van der Waals surface area contributed by atoms with Crippen molar-refractivity contribution in [2.75, 3.05) is 53.0 Å². The lowest BCUT2D eigenvalue weighted by Gasteiger charge is -2.37. The lowest BCUT2D eigenvalue weighted by atomic mass is 10.1. The molecule has 1 unspecified atom stereocenters. The number of ether oxygens (including phenoxy) is 2. The Bertz CT molecular complexity index is 593. The number of benzene rings is 1. The molecule has 0 aromatic heterocycles. The van der Waals surface area contributed by atoms with Crippen LogP contribution in [-0.2, 0) is 9.53 Å². The summed E-state index contributed by atoms with van der Waals surface area (Å²) in [5.41, 5.74) is 0.608. The SMILES string of the molecule is COc1cccc(C(=O)N2CCN(C(=O)C3COCCN3)CC2)c1. The smallest absolute Gasteiger partial charge is 0.254 e. The maximum absolute atomic E-state index is 12.6. The van der Waals surface area contributed by atoms with Crippen LogP contribution in [0.1, 0.15) is 10.4 Å². The molecule has 0 bridgehead atoms. The van der Waals surface area contributed by atoms with Crippen molar-refractivity contribution in [1.82, 2.24) is 15.1 Å². The number of carbonyl (C=O) groups excluding carboxylic acids is 2. The largest absolute Gasteiger partial charge is 0.497 e. The molecule has 0 saturated carbocycles. The quantitative estimate of drug-likeness (QED) is 0.841. The van der Waals surface area contributed by atoms with Crippen molar-refractivity contribution in [2.45, 2.75) is 6.04 Å². The Morgan fingerprint density at radius 3 is 2.62 bits per heavy atom. The number of piperazine rings is 1. The molecule has 7 nitrogen and oxygen atoms in total. The van der Waals surface area contributed by atoms with Gasteiger partial charge in [-0.05, 0) is 18.2 Å². The molecule has 24 heavy (non-hydrogen) atoms. The molecule has 1 aromatic carbocycles. The predicted octanol–water partition coefficient (Wildman–Crippen LogP) is -0.0320. The summed E-state index contributed by atoms with van der Waals surface area (Å²) in [6.07, 6.45) is 0. The minimum absolute atomic E-state index is 0.0277. The second-order valence-electron chi connectivity index (χ2n) is 5.93. The first-order chi connectivity index (χ1) is 11.7. The number of morpholine rings is 1. The van der Waals surface area contributed by atoms with Crippen molar-refractivity contribution in [2.24, 2.45) is 0 Å². The van der Waals surface area contributed by atoms with Gasteiger partial charge in [0, 0.05) is 38.3 Å². The molecule has 3 rings (SSSR count). The molecule has 7 heteroatoms. The third-order valence-corrected chi connectivity index (χ3v) is 4.41. The van der Waals surface area contributed by atoms with Crippen molar-refractivity contribution in [3.63, 3.8) is 0 Å². The molecular weight excluding hydrogens is 310 g/mol. The van der Waals surface area contributed by atoms with Gasteiger partial charge in [-0.3, -0.25) is 9.59 Å². The van der Waals surface area contributed by atoms with Crippen LogP contribution in [0.15, 0.2) is 24.3 Å². The molecule has 2 amide bonds. The highest BCUT2D eigenvalue weighted by Crippen LogP contribution is 2.16. The van der Waals surface area contributed by atoms with Crippen LogP contribution < -0.4 is 10.1 Å². The zero-order chi connectivity index (χ0) is 16.9. The van der Waals surface area contributed by atoms with E-state index in [2.05, 4.69) is 5.32 Å². The molecule has 130 valence electrons. The van der Waals surface area contributed by atoms with Gasteiger partial charge in [0.1, 0.15) is 11.8 Å². The monoisotopic (exact) mass is 333 g/mol. The molecule has 2 aliphatic rings. The Kier molecular flexibility index (Phi) is 5.32. The molecule has 2 saturated heterocycles. The summed E-state index contributed by atoms with van der Waals surface area (Å²) < 4.78 is 10.5. The van der Waals surface area contributed by atoms with Gasteiger partial charge < -0.3 is 24.6 Å². The topological polar surface area (TPSA) is 71.1 Å². The Balaban J connectivity index is 1.56. The average molecular weight is 333 g/mol. The number of amides is 2. The van der Waals surface area contributed by atoms with E-state index in [1.807, 2.05) is 11.0 Å². The third-order valence-electron chi connectivity index (χ3n) is 4.41. The van der Waals surface area contributed by atoms with E-state index in [0.29, 0.717) is 57.3 Å². The Morgan fingerprint density at radius 1 is 1.21 bits per heavy atom. The summed E-state index contributed by atoms with van der Waals surface area (Å²) in [6.45, 7) is 3.93. The highest BCUT2D eigenvalue weighted by molar-refractivity contribution is 5.94. The second kappa shape index (κ2) is 7.63. The molecule has 1 aromatic rings. The van der Waals surface area contributed by atoms with E-state index in [0.717, 1.165) is 0 Å². The van der Waals surface area contributed by atoms with E-state index >= 15 is 0 Å². The van der Waals surface area contributed by atoms with Gasteiger partial charge in [0.25, 0.3) is 5.91 Å². The first-order valence-electron chi connectivity index (χ1n) is 8.22. The maximum Gasteiger partial charge on any atom is 0.254 e. The normalized spacial score (nSPS) is 21.5. The van der Waals surface area contributed by atoms with Gasteiger partial charge in [-0.2, -0.15) is 0 Å². The van der Waals surface area contributed by atoms with Crippen LogP contribution >= 0.6 is 0 Å². The molecule has 0 aliphatic carbocycles. The number of nitrogens with one attached hydrogen (secondary N) is 1. The van der Waals surface area contributed by atoms with E-state index < -0.39 is 0 Å². The van der Waals surface area contributed by atoms with Crippen LogP contribution in [0.3, 0.4) is 0 Å². The third kappa shape index (κ3) is 3.68. The highest BCUT2D eigenvalue weighted by Gasteiger charge is 2.30. The Morgan fingerprint density at radius 2 is 1.96 bits per heavy atom. The Labute approximate surface area is 141 Å². The minimum atomic E-state index is -0.264. The number of methoxy groups -OCH3 is 1. The molecular formula is C17H23N3O4. The van der Waals surface area contributed by atoms with Crippen LogP contribution in [0.5, 0.6) is 5.75 Å². The summed E-state index contributed by atoms with van der Waals surface area (Å²) in [4.78, 5) is 28.6. The Hall–Kier alpha value is -2.12. The van der Waals surface area contributed by atoms with E-state index in [1.54, 1.807) is 30.2 Å². The number of hydrogen-bond donors (Lipinski definition) is 1. The van der Waals surface area contributed by atoms with Crippen LogP contribution in [0, 0.1) is 0 Å². The standard InChI is InChI=1S/C17H23N3O4/c1-23-14-4-2-3-13(11-14)16(21)19-6-8-20(9-7-19)17(22)15-12-24-10-5-18-15/h2-4,11,15,18H,5-10,12H2,1H3. The van der Waals surface area contributed by atoms with Gasteiger partial charge >= 0.3 is 0 Å². The second-order valence-corrected chi connectivity index (χ2v) is 5.93. The maximum atomic E-state index is 12.6. The summed E-state index contributed by atoms with van der Waals surface area (Å²) in [5, 5.41) is 3.18. The number of carbonyl (C=O) groups is 2. The van der Waals surface area contributed by atoms with Crippen LogP contribution in [0.2, 0.25) is 0 Å². The molecule has 1 N–H and O–H groups in total. The van der Waals surface area contributed by atoms with Crippen molar-refractivity contribution < 1.29 is 19.1 Å². The van der Waals surface area contributed by atoms with E-state index in [4.69, 9.17) is 9.47 Å². The fourth-order valence-corrected chi connectivity index (χ4v) is 3.01. The molecule has 1 atom stereocenters. The van der Waals surface area contributed by atoms with Crippen LogP contribution in [0.4, 0.5) is 0 Å². The van der Waals surface area contributed by atoms with Gasteiger partial charge in [-0.1, -0.05) is 6.07 Å². The minimum Gasteiger partial charge on any atom is -0.497 e. The lowest BCUT2D eigenvalue weighted by molar-refractivity contribution is -0.137. The van der Waals surface area contributed by atoms with Gasteiger partial charge in [0.2, 0.25) is 5.91 Å². The first kappa shape index (κ1) is 16.7. The zero-order valence-corrected chi connectivity index (χ0v) is 13.9. The zero-order valence-electron chi connectivity index (χ0n) is 13.9. The number of hydrogen-bond acceptors (Lipinski definition) is 5. The molecule has 0 radical (unpaired) electrons. The van der Waals surface area contributed by atoms with Crippen molar-refractivity contribution in [3.05, 3.63) is 29.8 Å². The summed E-state index contributed by atoms with van der Waals surface area (Å²) in [5.74, 6) is 0.696. The van der Waals surface area contributed by atoms with Gasteiger partial charge in [-0.15, -0.1) is 0 Å². The van der Waals surface area contributed by atoms with Crippen LogP contribution in [-0.4, -0.2) is 80.7 Å². The number of nitrogens with zero attached hydrogens (tertiary/aromatic N) is 2. The van der Waals surface area contributed by atoms with Crippen molar-refractivity contribution >= 4 is 11.8 Å². The summed E-state index contributed by atoms with van der Waals surface area (Å²) in [6, 6.07) is 6.88. The van der Waals surface area contributed by atoms with Crippen molar-refractivity contribution in [3.8, 4) is 5.75 Å². The predicted molar refractivity (Wildman–Crippen MR) is 88.1 cm³/mol. The van der Waals surface area contributed by atoms with Gasteiger partial charge in [0.05, 0.1) is 20.3 Å². The lowest BCUT2D eigenvalue weighted by Crippen LogP contribution is -2.57. The van der Waals surface area contributed by atoms with Crippen LogP contribution in [0.25, 0.3) is 0 Å². The average Bonchev–Trinajstić information content (AvgIpc) is 2.67. The van der Waals surface area contributed by atoms with E-state index in [-0.39, 0.29) is 17.9 Å². The fourth-order valence-electron chi connectivity index (χ4n) is 3.01. The molecule has 0 spiro atoms. The van der Waals surface area contributed by atoms with E-state index in [9.17, 15) is 9.59 Å². The first-order valence-corrected chi connectivity index (χ1v) is 8.22. The fraction of sp³-hybridized carbons (Fsp3) is 0.529. The molecule has 2 aliphatic heterocycles. The van der Waals surface area contributed by atoms with Gasteiger partial charge in [-0.25, -0.2) is 0 Å².